The Balaban J connectivity index is 1.51. The molecule has 2 aliphatic heterocycles. The van der Waals surface area contributed by atoms with Crippen molar-refractivity contribution in [3.05, 3.63) is 23.1 Å². The quantitative estimate of drug-likeness (QED) is 0.776. The van der Waals surface area contributed by atoms with E-state index in [0.717, 1.165) is 23.5 Å². The highest BCUT2D eigenvalue weighted by atomic mass is 16.5. The highest BCUT2D eigenvalue weighted by molar-refractivity contribution is 5.93. The lowest BCUT2D eigenvalue weighted by Gasteiger charge is -2.27. The van der Waals surface area contributed by atoms with Crippen molar-refractivity contribution < 1.29 is 19.2 Å². The van der Waals surface area contributed by atoms with Gasteiger partial charge in [-0.15, -0.1) is 0 Å². The van der Waals surface area contributed by atoms with E-state index < -0.39 is 5.41 Å². The van der Waals surface area contributed by atoms with E-state index in [9.17, 15) is 14.7 Å². The SMILES string of the molecule is CCn1nc(C)c(-c2cc(C(=O)N3C[C@H]4CN(C(=O)C(C)C)C[C@@]4(CO)C3)no2)c1C. The maximum atomic E-state index is 13.2. The molecule has 0 aromatic carbocycles. The maximum Gasteiger partial charge on any atom is 0.276 e. The van der Waals surface area contributed by atoms with Gasteiger partial charge in [0.2, 0.25) is 5.91 Å². The fourth-order valence-corrected chi connectivity index (χ4v) is 5.11. The van der Waals surface area contributed by atoms with Crippen LogP contribution in [0.3, 0.4) is 0 Å². The number of amides is 2. The maximum absolute atomic E-state index is 13.2. The largest absolute Gasteiger partial charge is 0.396 e. The summed E-state index contributed by atoms with van der Waals surface area (Å²) in [5.41, 5.74) is 2.45. The summed E-state index contributed by atoms with van der Waals surface area (Å²) in [5, 5.41) is 18.7. The number of aromatic nitrogens is 3. The van der Waals surface area contributed by atoms with Gasteiger partial charge in [-0.2, -0.15) is 5.10 Å². The molecule has 0 spiro atoms. The average molecular weight is 430 g/mol. The van der Waals surface area contributed by atoms with Crippen LogP contribution in [0.15, 0.2) is 10.6 Å². The zero-order valence-corrected chi connectivity index (χ0v) is 18.9. The topological polar surface area (TPSA) is 105 Å². The molecule has 2 atom stereocenters. The van der Waals surface area contributed by atoms with Crippen molar-refractivity contribution >= 4 is 11.8 Å². The van der Waals surface area contributed by atoms with Gasteiger partial charge in [-0.3, -0.25) is 14.3 Å². The second-order valence-electron chi connectivity index (χ2n) is 9.21. The molecule has 31 heavy (non-hydrogen) atoms. The van der Waals surface area contributed by atoms with Crippen LogP contribution in [-0.4, -0.2) is 74.4 Å². The number of nitrogens with zero attached hydrogens (tertiary/aromatic N) is 5. The molecule has 0 bridgehead atoms. The van der Waals surface area contributed by atoms with E-state index in [0.29, 0.717) is 31.9 Å². The minimum Gasteiger partial charge on any atom is -0.396 e. The number of aryl methyl sites for hydroxylation is 2. The Morgan fingerprint density at radius 1 is 1.26 bits per heavy atom. The molecule has 2 amide bonds. The number of rotatable bonds is 5. The van der Waals surface area contributed by atoms with E-state index >= 15 is 0 Å². The molecule has 9 nitrogen and oxygen atoms in total. The number of carbonyl (C=O) groups is 2. The van der Waals surface area contributed by atoms with Gasteiger partial charge in [-0.1, -0.05) is 19.0 Å². The minimum atomic E-state index is -0.470. The molecule has 2 saturated heterocycles. The Morgan fingerprint density at radius 2 is 1.94 bits per heavy atom. The normalized spacial score (nSPS) is 23.1. The Hall–Kier alpha value is -2.68. The molecule has 2 fully saturated rings. The smallest absolute Gasteiger partial charge is 0.276 e. The van der Waals surface area contributed by atoms with E-state index in [4.69, 9.17) is 4.52 Å². The molecule has 9 heteroatoms. The van der Waals surface area contributed by atoms with Gasteiger partial charge in [-0.05, 0) is 20.8 Å². The highest BCUT2D eigenvalue weighted by Crippen LogP contribution is 2.43. The van der Waals surface area contributed by atoms with Gasteiger partial charge in [0.15, 0.2) is 11.5 Å². The third-order valence-corrected chi connectivity index (χ3v) is 6.82. The van der Waals surface area contributed by atoms with Crippen molar-refractivity contribution in [2.75, 3.05) is 32.8 Å². The molecular weight excluding hydrogens is 398 g/mol. The zero-order chi connectivity index (χ0) is 22.5. The monoisotopic (exact) mass is 429 g/mol. The fourth-order valence-electron chi connectivity index (χ4n) is 5.11. The zero-order valence-electron chi connectivity index (χ0n) is 18.9. The van der Waals surface area contributed by atoms with Gasteiger partial charge in [0.25, 0.3) is 5.91 Å². The lowest BCUT2D eigenvalue weighted by molar-refractivity contribution is -0.134. The molecule has 0 saturated carbocycles. The van der Waals surface area contributed by atoms with Crippen LogP contribution in [0.1, 0.15) is 42.6 Å². The third kappa shape index (κ3) is 3.44. The Labute approximate surface area is 182 Å². The van der Waals surface area contributed by atoms with E-state index in [-0.39, 0.29) is 36.0 Å². The number of likely N-dealkylation sites (tertiary alicyclic amines) is 2. The van der Waals surface area contributed by atoms with E-state index in [1.165, 1.54) is 0 Å². The van der Waals surface area contributed by atoms with Gasteiger partial charge < -0.3 is 19.4 Å². The molecular formula is C22H31N5O4. The van der Waals surface area contributed by atoms with Crippen molar-refractivity contribution in [1.29, 1.82) is 0 Å². The summed E-state index contributed by atoms with van der Waals surface area (Å²) >= 11 is 0. The number of carbonyl (C=O) groups excluding carboxylic acids is 2. The molecule has 4 heterocycles. The van der Waals surface area contributed by atoms with Crippen LogP contribution in [0.5, 0.6) is 0 Å². The molecule has 2 aromatic rings. The molecule has 2 aromatic heterocycles. The summed E-state index contributed by atoms with van der Waals surface area (Å²) in [4.78, 5) is 29.1. The van der Waals surface area contributed by atoms with Crippen molar-refractivity contribution in [3.63, 3.8) is 0 Å². The standard InChI is InChI=1S/C22H31N5O4/c1-6-27-15(5)19(14(4)23-27)18-7-17(24-31-18)21(30)26-9-16-8-25(20(29)13(2)3)10-22(16,11-26)12-28/h7,13,16,28H,6,8-12H2,1-5H3/t16-,22+/m1/s1. The Bertz CT molecular complexity index is 1010. The summed E-state index contributed by atoms with van der Waals surface area (Å²) < 4.78 is 7.41. The van der Waals surface area contributed by atoms with Gasteiger partial charge in [0, 0.05) is 61.7 Å². The second kappa shape index (κ2) is 7.78. The van der Waals surface area contributed by atoms with Crippen LogP contribution in [0.25, 0.3) is 11.3 Å². The molecule has 2 aliphatic rings. The first-order chi connectivity index (χ1) is 14.7. The lowest BCUT2D eigenvalue weighted by Crippen LogP contribution is -2.41. The van der Waals surface area contributed by atoms with Crippen LogP contribution in [0, 0.1) is 31.1 Å². The summed E-state index contributed by atoms with van der Waals surface area (Å²) in [6, 6.07) is 1.67. The first-order valence-corrected chi connectivity index (χ1v) is 10.9. The number of hydrogen-bond acceptors (Lipinski definition) is 6. The van der Waals surface area contributed by atoms with Crippen molar-refractivity contribution in [2.45, 2.75) is 41.2 Å². The predicted molar refractivity (Wildman–Crippen MR) is 113 cm³/mol. The van der Waals surface area contributed by atoms with Gasteiger partial charge >= 0.3 is 0 Å². The molecule has 0 unspecified atom stereocenters. The van der Waals surface area contributed by atoms with E-state index in [1.54, 1.807) is 11.0 Å². The summed E-state index contributed by atoms with van der Waals surface area (Å²) in [6.07, 6.45) is 0. The van der Waals surface area contributed by atoms with Crippen LogP contribution in [0.4, 0.5) is 0 Å². The van der Waals surface area contributed by atoms with Gasteiger partial charge in [-0.25, -0.2) is 0 Å². The number of aliphatic hydroxyl groups is 1. The highest BCUT2D eigenvalue weighted by Gasteiger charge is 2.54. The van der Waals surface area contributed by atoms with Crippen LogP contribution < -0.4 is 0 Å². The lowest BCUT2D eigenvalue weighted by atomic mass is 9.82. The number of fused-ring (bicyclic) bond motifs is 1. The van der Waals surface area contributed by atoms with E-state index in [1.807, 2.05) is 44.2 Å². The third-order valence-electron chi connectivity index (χ3n) is 6.82. The van der Waals surface area contributed by atoms with Gasteiger partial charge in [0.1, 0.15) is 0 Å². The molecule has 168 valence electrons. The molecule has 4 rings (SSSR count). The number of aliphatic hydroxyl groups excluding tert-OH is 1. The fraction of sp³-hybridized carbons (Fsp3) is 0.636. The van der Waals surface area contributed by atoms with Crippen molar-refractivity contribution in [2.24, 2.45) is 17.3 Å². The second-order valence-corrected chi connectivity index (χ2v) is 9.21. The Morgan fingerprint density at radius 3 is 2.52 bits per heavy atom. The molecule has 0 aliphatic carbocycles. The molecule has 0 radical (unpaired) electrons. The summed E-state index contributed by atoms with van der Waals surface area (Å²) in [7, 11) is 0. The number of hydrogen-bond donors (Lipinski definition) is 1. The predicted octanol–water partition coefficient (Wildman–Crippen LogP) is 1.72. The summed E-state index contributed by atoms with van der Waals surface area (Å²) in [5.74, 6) is 0.396. The van der Waals surface area contributed by atoms with Crippen LogP contribution in [-0.2, 0) is 11.3 Å². The van der Waals surface area contributed by atoms with Crippen LogP contribution in [0.2, 0.25) is 0 Å². The van der Waals surface area contributed by atoms with Gasteiger partial charge in [0.05, 0.1) is 17.9 Å². The first-order valence-electron chi connectivity index (χ1n) is 10.9. The first kappa shape index (κ1) is 21.5. The van der Waals surface area contributed by atoms with Crippen LogP contribution >= 0.6 is 0 Å². The average Bonchev–Trinajstić information content (AvgIpc) is 3.47. The van der Waals surface area contributed by atoms with Crippen molar-refractivity contribution in [1.82, 2.24) is 24.7 Å². The van der Waals surface area contributed by atoms with Crippen molar-refractivity contribution in [3.8, 4) is 11.3 Å². The molecule has 1 N–H and O–H groups in total. The Kier molecular flexibility index (Phi) is 5.41. The van der Waals surface area contributed by atoms with E-state index in [2.05, 4.69) is 10.3 Å². The summed E-state index contributed by atoms with van der Waals surface area (Å²) in [6.45, 7) is 12.3. The minimum absolute atomic E-state index is 0.0536.